The van der Waals surface area contributed by atoms with E-state index in [1.165, 1.54) is 48.9 Å². The highest BCUT2D eigenvalue weighted by Crippen LogP contribution is 2.28. The average Bonchev–Trinajstić information content (AvgIpc) is 2.50. The molecule has 0 aromatic carbocycles. The van der Waals surface area contributed by atoms with Crippen molar-refractivity contribution in [3.05, 3.63) is 28.2 Å². The van der Waals surface area contributed by atoms with Gasteiger partial charge in [-0.05, 0) is 31.1 Å². The van der Waals surface area contributed by atoms with Gasteiger partial charge in [0.25, 0.3) is 11.5 Å². The predicted molar refractivity (Wildman–Crippen MR) is 85.8 cm³/mol. The molecule has 2 rings (SSSR count). The minimum atomic E-state index is -0.215. The van der Waals surface area contributed by atoms with E-state index in [0.29, 0.717) is 6.54 Å². The van der Waals surface area contributed by atoms with Crippen LogP contribution in [0.1, 0.15) is 49.0 Å². The summed E-state index contributed by atoms with van der Waals surface area (Å²) in [5, 5.41) is 7.60. The Hall–Kier alpha value is -1.30. The summed E-state index contributed by atoms with van der Waals surface area (Å²) >= 11 is 2.04. The maximum atomic E-state index is 11.9. The summed E-state index contributed by atoms with van der Waals surface area (Å²) in [7, 11) is 1.54. The number of amides is 1. The number of hydrogen-bond donors (Lipinski definition) is 1. The van der Waals surface area contributed by atoms with Gasteiger partial charge < -0.3 is 5.32 Å². The molecule has 5 nitrogen and oxygen atoms in total. The van der Waals surface area contributed by atoms with E-state index in [1.54, 1.807) is 7.05 Å². The molecule has 0 unspecified atom stereocenters. The Labute approximate surface area is 129 Å². The van der Waals surface area contributed by atoms with Gasteiger partial charge in [0.05, 0.1) is 0 Å². The van der Waals surface area contributed by atoms with Gasteiger partial charge in [0.2, 0.25) is 0 Å². The number of aromatic nitrogens is 2. The molecule has 1 aliphatic carbocycles. The normalized spacial score (nSPS) is 15.9. The molecule has 0 radical (unpaired) electrons. The number of rotatable bonds is 6. The molecule has 1 aromatic rings. The second-order valence-corrected chi connectivity index (χ2v) is 6.83. The highest BCUT2D eigenvalue weighted by atomic mass is 32.2. The van der Waals surface area contributed by atoms with Crippen LogP contribution in [0.3, 0.4) is 0 Å². The number of thioether (sulfide) groups is 1. The second-order valence-electron chi connectivity index (χ2n) is 5.42. The molecule has 21 heavy (non-hydrogen) atoms. The average molecular weight is 309 g/mol. The molecule has 1 N–H and O–H groups in total. The molecule has 1 aromatic heterocycles. The van der Waals surface area contributed by atoms with Gasteiger partial charge in [-0.25, -0.2) is 4.68 Å². The van der Waals surface area contributed by atoms with E-state index in [4.69, 9.17) is 0 Å². The van der Waals surface area contributed by atoms with Crippen LogP contribution in [0, 0.1) is 0 Å². The van der Waals surface area contributed by atoms with E-state index in [2.05, 4.69) is 10.4 Å². The van der Waals surface area contributed by atoms with Gasteiger partial charge in [-0.2, -0.15) is 16.9 Å². The van der Waals surface area contributed by atoms with Crippen molar-refractivity contribution in [3.63, 3.8) is 0 Å². The molecule has 1 fully saturated rings. The first kappa shape index (κ1) is 16.1. The lowest BCUT2D eigenvalue weighted by molar-refractivity contribution is 0.0946. The van der Waals surface area contributed by atoms with Gasteiger partial charge in [0.15, 0.2) is 0 Å². The van der Waals surface area contributed by atoms with Crippen LogP contribution in [0.25, 0.3) is 0 Å². The van der Waals surface area contributed by atoms with Gasteiger partial charge >= 0.3 is 0 Å². The molecule has 0 bridgehead atoms. The van der Waals surface area contributed by atoms with E-state index in [1.807, 2.05) is 11.8 Å². The molecule has 116 valence electrons. The Kier molecular flexibility index (Phi) is 6.29. The van der Waals surface area contributed by atoms with E-state index in [9.17, 15) is 9.59 Å². The SMILES string of the molecule is Cn1nc(C(=O)NCCCSC2CCCCC2)ccc1=O. The summed E-state index contributed by atoms with van der Waals surface area (Å²) in [5.74, 6) is 0.874. The Morgan fingerprint density at radius 3 is 2.86 bits per heavy atom. The zero-order valence-corrected chi connectivity index (χ0v) is 13.3. The van der Waals surface area contributed by atoms with Crippen LogP contribution in [0.2, 0.25) is 0 Å². The molecule has 0 spiro atoms. The van der Waals surface area contributed by atoms with Crippen LogP contribution in [-0.2, 0) is 7.05 Å². The Bertz CT molecular complexity index is 524. The maximum absolute atomic E-state index is 11.9. The molecule has 0 aliphatic heterocycles. The van der Waals surface area contributed by atoms with Gasteiger partial charge in [0.1, 0.15) is 5.69 Å². The highest BCUT2D eigenvalue weighted by Gasteiger charge is 2.13. The number of nitrogens with zero attached hydrogens (tertiary/aromatic N) is 2. The maximum Gasteiger partial charge on any atom is 0.271 e. The summed E-state index contributed by atoms with van der Waals surface area (Å²) in [6.07, 6.45) is 7.79. The zero-order chi connectivity index (χ0) is 15.1. The monoisotopic (exact) mass is 309 g/mol. The van der Waals surface area contributed by atoms with E-state index in [0.717, 1.165) is 17.4 Å². The van der Waals surface area contributed by atoms with Gasteiger partial charge in [-0.3, -0.25) is 9.59 Å². The summed E-state index contributed by atoms with van der Waals surface area (Å²) in [4.78, 5) is 23.1. The largest absolute Gasteiger partial charge is 0.351 e. The first-order valence-corrected chi connectivity index (χ1v) is 8.66. The first-order valence-electron chi connectivity index (χ1n) is 7.61. The molecule has 0 atom stereocenters. The molecular formula is C15H23N3O2S. The van der Waals surface area contributed by atoms with Crippen LogP contribution in [0.15, 0.2) is 16.9 Å². The van der Waals surface area contributed by atoms with Crippen molar-refractivity contribution < 1.29 is 4.79 Å². The Morgan fingerprint density at radius 2 is 2.14 bits per heavy atom. The standard InChI is InChI=1S/C15H23N3O2S/c1-18-14(19)9-8-13(17-18)15(20)16-10-5-11-21-12-6-3-2-4-7-12/h8-9,12H,2-7,10-11H2,1H3,(H,16,20). The van der Waals surface area contributed by atoms with E-state index in [-0.39, 0.29) is 17.2 Å². The van der Waals surface area contributed by atoms with Crippen molar-refractivity contribution in [2.75, 3.05) is 12.3 Å². The van der Waals surface area contributed by atoms with Gasteiger partial charge in [0, 0.05) is 24.9 Å². The van der Waals surface area contributed by atoms with Crippen molar-refractivity contribution in [1.82, 2.24) is 15.1 Å². The lowest BCUT2D eigenvalue weighted by Crippen LogP contribution is -2.29. The van der Waals surface area contributed by atoms with E-state index < -0.39 is 0 Å². The summed E-state index contributed by atoms with van der Waals surface area (Å²) < 4.78 is 1.17. The van der Waals surface area contributed by atoms with Crippen molar-refractivity contribution in [2.45, 2.75) is 43.8 Å². The number of aryl methyl sites for hydroxylation is 1. The first-order chi connectivity index (χ1) is 10.2. The third-order valence-electron chi connectivity index (χ3n) is 3.71. The van der Waals surface area contributed by atoms with Crippen LogP contribution < -0.4 is 10.9 Å². The fourth-order valence-corrected chi connectivity index (χ4v) is 3.78. The smallest absolute Gasteiger partial charge is 0.271 e. The zero-order valence-electron chi connectivity index (χ0n) is 12.5. The number of hydrogen-bond acceptors (Lipinski definition) is 4. The van der Waals surface area contributed by atoms with Crippen LogP contribution in [-0.4, -0.2) is 33.2 Å². The molecule has 1 aliphatic rings. The Balaban J connectivity index is 1.64. The highest BCUT2D eigenvalue weighted by molar-refractivity contribution is 7.99. The predicted octanol–water partition coefficient (Wildman–Crippen LogP) is 1.97. The lowest BCUT2D eigenvalue weighted by Gasteiger charge is -2.20. The van der Waals surface area contributed by atoms with Crippen LogP contribution >= 0.6 is 11.8 Å². The van der Waals surface area contributed by atoms with Crippen molar-refractivity contribution in [1.29, 1.82) is 0 Å². The minimum Gasteiger partial charge on any atom is -0.351 e. The topological polar surface area (TPSA) is 64.0 Å². The summed E-state index contributed by atoms with van der Waals surface area (Å²) in [5.41, 5.74) is 0.0764. The third-order valence-corrected chi connectivity index (χ3v) is 5.17. The van der Waals surface area contributed by atoms with Gasteiger partial charge in [-0.1, -0.05) is 19.3 Å². The number of carbonyl (C=O) groups excluding carboxylic acids is 1. The third kappa shape index (κ3) is 5.19. The molecule has 1 amide bonds. The second kappa shape index (κ2) is 8.22. The van der Waals surface area contributed by atoms with Crippen LogP contribution in [0.5, 0.6) is 0 Å². The summed E-state index contributed by atoms with van der Waals surface area (Å²) in [6, 6.07) is 2.83. The van der Waals surface area contributed by atoms with Crippen molar-refractivity contribution in [3.8, 4) is 0 Å². The van der Waals surface area contributed by atoms with E-state index >= 15 is 0 Å². The Morgan fingerprint density at radius 1 is 1.38 bits per heavy atom. The molecular weight excluding hydrogens is 286 g/mol. The van der Waals surface area contributed by atoms with Crippen molar-refractivity contribution in [2.24, 2.45) is 7.05 Å². The minimum absolute atomic E-state index is 0.213. The molecule has 1 heterocycles. The quantitative estimate of drug-likeness (QED) is 0.816. The van der Waals surface area contributed by atoms with Gasteiger partial charge in [-0.15, -0.1) is 0 Å². The molecule has 1 saturated carbocycles. The summed E-state index contributed by atoms with van der Waals surface area (Å²) in [6.45, 7) is 0.656. The lowest BCUT2D eigenvalue weighted by atomic mass is 10.0. The molecule has 0 saturated heterocycles. The fourth-order valence-electron chi connectivity index (χ4n) is 2.47. The van der Waals surface area contributed by atoms with Crippen LogP contribution in [0.4, 0.5) is 0 Å². The number of carbonyl (C=O) groups is 1. The molecule has 6 heteroatoms. The van der Waals surface area contributed by atoms with Crippen molar-refractivity contribution >= 4 is 17.7 Å². The number of nitrogens with one attached hydrogen (secondary N) is 1. The fraction of sp³-hybridized carbons (Fsp3) is 0.667.